The van der Waals surface area contributed by atoms with Gasteiger partial charge in [0, 0.05) is 28.5 Å². The van der Waals surface area contributed by atoms with Crippen LogP contribution >= 0.6 is 40.1 Å². The first-order valence-corrected chi connectivity index (χ1v) is 8.46. The molecular weight excluding hydrogens is 344 g/mol. The third kappa shape index (κ3) is 4.94. The van der Waals surface area contributed by atoms with E-state index in [1.165, 1.54) is 40.9 Å². The van der Waals surface area contributed by atoms with Gasteiger partial charge in [0.2, 0.25) is 0 Å². The van der Waals surface area contributed by atoms with Gasteiger partial charge in [-0.1, -0.05) is 22.0 Å². The van der Waals surface area contributed by atoms with Crippen molar-refractivity contribution < 1.29 is 0 Å². The molecule has 0 radical (unpaired) electrons. The van der Waals surface area contributed by atoms with Crippen LogP contribution in [0.15, 0.2) is 27.6 Å². The first-order chi connectivity index (χ1) is 8.72. The molecule has 1 aromatic rings. The minimum absolute atomic E-state index is 0. The highest BCUT2D eigenvalue weighted by Crippen LogP contribution is 2.26. The van der Waals surface area contributed by atoms with Crippen molar-refractivity contribution >= 4 is 40.1 Å². The summed E-state index contributed by atoms with van der Waals surface area (Å²) in [5.74, 6) is 0. The van der Waals surface area contributed by atoms with Crippen LogP contribution in [0.25, 0.3) is 0 Å². The monoisotopic (exact) mass is 364 g/mol. The Kier molecular flexibility index (Phi) is 7.77. The lowest BCUT2D eigenvalue weighted by atomic mass is 10.1. The van der Waals surface area contributed by atoms with Gasteiger partial charge in [-0.05, 0) is 50.4 Å². The fourth-order valence-electron chi connectivity index (χ4n) is 2.52. The van der Waals surface area contributed by atoms with Crippen molar-refractivity contribution in [2.24, 2.45) is 0 Å². The number of likely N-dealkylation sites (N-methyl/N-ethyl adjacent to an activating group) is 1. The van der Waals surface area contributed by atoms with Crippen molar-refractivity contribution in [3.8, 4) is 0 Å². The maximum Gasteiger partial charge on any atom is 0.0245 e. The molecular formula is C14H22BrClN2S. The topological polar surface area (TPSA) is 15.3 Å². The summed E-state index contributed by atoms with van der Waals surface area (Å²) < 4.78 is 1.17. The van der Waals surface area contributed by atoms with Crippen molar-refractivity contribution in [2.75, 3.05) is 26.4 Å². The van der Waals surface area contributed by atoms with Gasteiger partial charge in [-0.2, -0.15) is 0 Å². The average molecular weight is 366 g/mol. The third-order valence-corrected chi connectivity index (χ3v) is 4.87. The minimum atomic E-state index is 0. The van der Waals surface area contributed by atoms with Crippen molar-refractivity contribution in [1.82, 2.24) is 10.2 Å². The molecule has 1 saturated heterocycles. The summed E-state index contributed by atoms with van der Waals surface area (Å²) >= 11 is 5.38. The molecule has 0 bridgehead atoms. The van der Waals surface area contributed by atoms with Crippen LogP contribution in [-0.2, 0) is 6.54 Å². The second-order valence-corrected chi connectivity index (χ2v) is 6.58. The largest absolute Gasteiger partial charge is 0.316 e. The first-order valence-electron chi connectivity index (χ1n) is 6.45. The van der Waals surface area contributed by atoms with Crippen LogP contribution in [0.4, 0.5) is 0 Å². The van der Waals surface area contributed by atoms with Gasteiger partial charge >= 0.3 is 0 Å². The molecule has 1 atom stereocenters. The Morgan fingerprint density at radius 2 is 2.26 bits per heavy atom. The molecule has 2 nitrogen and oxygen atoms in total. The summed E-state index contributed by atoms with van der Waals surface area (Å²) in [5, 5.41) is 3.40. The zero-order chi connectivity index (χ0) is 13.0. The predicted octanol–water partition coefficient (Wildman–Crippen LogP) is 3.78. The second kappa shape index (κ2) is 8.53. The molecule has 1 aromatic carbocycles. The molecule has 5 heteroatoms. The van der Waals surface area contributed by atoms with Crippen LogP contribution in [0.3, 0.4) is 0 Å². The molecule has 108 valence electrons. The summed E-state index contributed by atoms with van der Waals surface area (Å²) in [5.41, 5.74) is 1.45. The number of likely N-dealkylation sites (tertiary alicyclic amines) is 1. The Labute approximate surface area is 135 Å². The minimum Gasteiger partial charge on any atom is -0.316 e. The van der Waals surface area contributed by atoms with E-state index < -0.39 is 0 Å². The zero-order valence-electron chi connectivity index (χ0n) is 11.5. The Morgan fingerprint density at radius 3 is 2.95 bits per heavy atom. The van der Waals surface area contributed by atoms with E-state index in [1.807, 2.05) is 11.8 Å². The van der Waals surface area contributed by atoms with Crippen LogP contribution in [0.1, 0.15) is 18.4 Å². The Balaban J connectivity index is 0.00000180. The van der Waals surface area contributed by atoms with Crippen LogP contribution < -0.4 is 5.32 Å². The third-order valence-electron chi connectivity index (χ3n) is 3.56. The molecule has 1 unspecified atom stereocenters. The Morgan fingerprint density at radius 1 is 1.47 bits per heavy atom. The molecule has 1 N–H and O–H groups in total. The first kappa shape index (κ1) is 17.3. The van der Waals surface area contributed by atoms with Crippen molar-refractivity contribution in [3.05, 3.63) is 28.2 Å². The van der Waals surface area contributed by atoms with Gasteiger partial charge in [-0.3, -0.25) is 4.90 Å². The smallest absolute Gasteiger partial charge is 0.0245 e. The average Bonchev–Trinajstić information content (AvgIpc) is 2.41. The van der Waals surface area contributed by atoms with Crippen LogP contribution in [0, 0.1) is 0 Å². The lowest BCUT2D eigenvalue weighted by molar-refractivity contribution is 0.187. The van der Waals surface area contributed by atoms with E-state index >= 15 is 0 Å². The maximum absolute atomic E-state index is 3.55. The lowest BCUT2D eigenvalue weighted by Crippen LogP contribution is -2.43. The molecule has 0 aliphatic carbocycles. The molecule has 0 spiro atoms. The van der Waals surface area contributed by atoms with Gasteiger partial charge in [0.05, 0.1) is 0 Å². The van der Waals surface area contributed by atoms with Crippen LogP contribution in [-0.4, -0.2) is 37.3 Å². The van der Waals surface area contributed by atoms with E-state index in [9.17, 15) is 0 Å². The fraction of sp³-hybridized carbons (Fsp3) is 0.571. The number of piperidine rings is 1. The summed E-state index contributed by atoms with van der Waals surface area (Å²) in [6.45, 7) is 3.46. The number of nitrogens with zero attached hydrogens (tertiary/aromatic N) is 1. The summed E-state index contributed by atoms with van der Waals surface area (Å²) in [6.07, 6.45) is 4.76. The Bertz CT molecular complexity index is 403. The molecule has 1 aliphatic rings. The molecule has 1 heterocycles. The number of thioether (sulfide) groups is 1. The molecule has 1 fully saturated rings. The summed E-state index contributed by atoms with van der Waals surface area (Å²) in [7, 11) is 2.07. The molecule has 0 aromatic heterocycles. The molecule has 2 rings (SSSR count). The SMILES string of the molecule is CNC1CCCN(Cc2ccc(Br)cc2SC)C1.Cl. The van der Waals surface area contributed by atoms with Gasteiger partial charge in [0.1, 0.15) is 0 Å². The number of hydrogen-bond donors (Lipinski definition) is 1. The van der Waals surface area contributed by atoms with Crippen molar-refractivity contribution in [2.45, 2.75) is 30.3 Å². The van der Waals surface area contributed by atoms with Crippen molar-refractivity contribution in [3.63, 3.8) is 0 Å². The molecule has 19 heavy (non-hydrogen) atoms. The molecule has 1 aliphatic heterocycles. The van der Waals surface area contributed by atoms with Gasteiger partial charge in [0.15, 0.2) is 0 Å². The van der Waals surface area contributed by atoms with E-state index in [1.54, 1.807) is 0 Å². The standard InChI is InChI=1S/C14H21BrN2S.ClH/c1-16-13-4-3-7-17(10-13)9-11-5-6-12(15)8-14(11)18-2;/h5-6,8,13,16H,3-4,7,9-10H2,1-2H3;1H. The summed E-state index contributed by atoms with van der Waals surface area (Å²) in [4.78, 5) is 3.95. The highest BCUT2D eigenvalue weighted by atomic mass is 79.9. The normalized spacial score (nSPS) is 20.1. The van der Waals surface area contributed by atoms with E-state index in [2.05, 4.69) is 57.6 Å². The number of rotatable bonds is 4. The van der Waals surface area contributed by atoms with E-state index in [0.29, 0.717) is 6.04 Å². The van der Waals surface area contributed by atoms with E-state index in [4.69, 9.17) is 0 Å². The predicted molar refractivity (Wildman–Crippen MR) is 90.5 cm³/mol. The number of halogens is 2. The molecule has 0 amide bonds. The highest BCUT2D eigenvalue weighted by molar-refractivity contribution is 9.10. The second-order valence-electron chi connectivity index (χ2n) is 4.82. The van der Waals surface area contributed by atoms with Gasteiger partial charge < -0.3 is 5.32 Å². The highest BCUT2D eigenvalue weighted by Gasteiger charge is 2.19. The van der Waals surface area contributed by atoms with Gasteiger partial charge in [0.25, 0.3) is 0 Å². The summed E-state index contributed by atoms with van der Waals surface area (Å²) in [6, 6.07) is 7.28. The number of nitrogens with one attached hydrogen (secondary N) is 1. The van der Waals surface area contributed by atoms with Gasteiger partial charge in [-0.15, -0.1) is 24.2 Å². The van der Waals surface area contributed by atoms with E-state index in [-0.39, 0.29) is 12.4 Å². The number of hydrogen-bond acceptors (Lipinski definition) is 3. The fourth-order valence-corrected chi connectivity index (χ4v) is 3.68. The van der Waals surface area contributed by atoms with E-state index in [0.717, 1.165) is 6.54 Å². The molecule has 0 saturated carbocycles. The van der Waals surface area contributed by atoms with Gasteiger partial charge in [-0.25, -0.2) is 0 Å². The lowest BCUT2D eigenvalue weighted by Gasteiger charge is -2.32. The van der Waals surface area contributed by atoms with Crippen LogP contribution in [0.2, 0.25) is 0 Å². The number of benzene rings is 1. The van der Waals surface area contributed by atoms with Crippen molar-refractivity contribution in [1.29, 1.82) is 0 Å². The maximum atomic E-state index is 3.55. The zero-order valence-corrected chi connectivity index (χ0v) is 14.7. The Hall–Kier alpha value is 0.260. The quantitative estimate of drug-likeness (QED) is 0.818. The van der Waals surface area contributed by atoms with Crippen LogP contribution in [0.5, 0.6) is 0 Å².